The van der Waals surface area contributed by atoms with Gasteiger partial charge in [0.1, 0.15) is 0 Å². The molecule has 0 unspecified atom stereocenters. The molecule has 0 amide bonds. The highest BCUT2D eigenvalue weighted by molar-refractivity contribution is 5.52. The lowest BCUT2D eigenvalue weighted by Crippen LogP contribution is -2.43. The molecule has 1 heterocycles. The maximum atomic E-state index is 10.3. The Morgan fingerprint density at radius 3 is 2.52 bits per heavy atom. The highest BCUT2D eigenvalue weighted by Crippen LogP contribution is 2.70. The van der Waals surface area contributed by atoms with Gasteiger partial charge in [0.05, 0.1) is 20.3 Å². The number of hydrogen-bond acceptors (Lipinski definition) is 4. The third kappa shape index (κ3) is 1.87. The molecule has 2 fully saturated rings. The number of likely N-dealkylation sites (tertiary alicyclic amines) is 1. The van der Waals surface area contributed by atoms with Gasteiger partial charge in [0, 0.05) is 24.7 Å². The Balaban J connectivity index is 1.89. The van der Waals surface area contributed by atoms with Crippen LogP contribution >= 0.6 is 0 Å². The third-order valence-corrected chi connectivity index (χ3v) is 6.26. The first-order valence-electron chi connectivity index (χ1n) is 8.40. The standard InChI is InChI=1S/C19H25NO3/c1-20-9-8-19(13-4-5-15(22-2)16(10-13)23-3)17(20)11-14(21)12-18(19)6-7-18/h4-5,10-11,14,21H,6-9,12H2,1-3H3/t14-,19+/m0/s1. The van der Waals surface area contributed by atoms with Crippen LogP contribution in [0.3, 0.4) is 0 Å². The Labute approximate surface area is 137 Å². The molecule has 4 heteroatoms. The maximum Gasteiger partial charge on any atom is 0.161 e. The summed E-state index contributed by atoms with van der Waals surface area (Å²) >= 11 is 0. The van der Waals surface area contributed by atoms with Crippen molar-refractivity contribution in [3.63, 3.8) is 0 Å². The SMILES string of the molecule is COc1ccc([C@]23CCN(C)C2=C[C@H](O)CC32CC2)cc1OC. The quantitative estimate of drug-likeness (QED) is 0.931. The van der Waals surface area contributed by atoms with E-state index in [1.54, 1.807) is 14.2 Å². The van der Waals surface area contributed by atoms with E-state index in [4.69, 9.17) is 9.47 Å². The van der Waals surface area contributed by atoms with Crippen molar-refractivity contribution >= 4 is 0 Å². The molecule has 1 aliphatic heterocycles. The van der Waals surface area contributed by atoms with Gasteiger partial charge in [-0.05, 0) is 54.9 Å². The van der Waals surface area contributed by atoms with Gasteiger partial charge in [-0.15, -0.1) is 0 Å². The smallest absolute Gasteiger partial charge is 0.161 e. The van der Waals surface area contributed by atoms with E-state index in [2.05, 4.69) is 30.2 Å². The van der Waals surface area contributed by atoms with E-state index in [1.807, 2.05) is 6.07 Å². The number of aliphatic hydroxyl groups excluding tert-OH is 1. The predicted octanol–water partition coefficient (Wildman–Crippen LogP) is 2.71. The Kier molecular flexibility index (Phi) is 3.17. The Morgan fingerprint density at radius 1 is 1.13 bits per heavy atom. The largest absolute Gasteiger partial charge is 0.493 e. The second-order valence-corrected chi connectivity index (χ2v) is 7.25. The zero-order valence-corrected chi connectivity index (χ0v) is 14.1. The number of methoxy groups -OCH3 is 2. The van der Waals surface area contributed by atoms with Gasteiger partial charge >= 0.3 is 0 Å². The topological polar surface area (TPSA) is 41.9 Å². The lowest BCUT2D eigenvalue weighted by molar-refractivity contribution is 0.123. The molecular weight excluding hydrogens is 290 g/mol. The lowest BCUT2D eigenvalue weighted by Gasteiger charge is -2.45. The molecule has 1 saturated carbocycles. The molecule has 3 aliphatic rings. The van der Waals surface area contributed by atoms with Crippen LogP contribution in [-0.2, 0) is 5.41 Å². The van der Waals surface area contributed by atoms with E-state index in [0.717, 1.165) is 30.9 Å². The number of ether oxygens (including phenoxy) is 2. The summed E-state index contributed by atoms with van der Waals surface area (Å²) in [5.41, 5.74) is 2.82. The van der Waals surface area contributed by atoms with Crippen molar-refractivity contribution in [2.75, 3.05) is 27.8 Å². The molecule has 124 valence electrons. The number of fused-ring (bicyclic) bond motifs is 2. The highest BCUT2D eigenvalue weighted by Gasteiger charge is 2.65. The van der Waals surface area contributed by atoms with Crippen LogP contribution in [0.5, 0.6) is 11.5 Å². The first kappa shape index (κ1) is 14.9. The summed E-state index contributed by atoms with van der Waals surface area (Å²) in [6.45, 7) is 1.04. The molecule has 1 aromatic carbocycles. The van der Waals surface area contributed by atoms with Crippen LogP contribution in [0.2, 0.25) is 0 Å². The maximum absolute atomic E-state index is 10.3. The van der Waals surface area contributed by atoms with E-state index in [9.17, 15) is 5.11 Å². The van der Waals surface area contributed by atoms with Crippen molar-refractivity contribution in [3.8, 4) is 11.5 Å². The molecule has 0 bridgehead atoms. The minimum absolute atomic E-state index is 0.0144. The van der Waals surface area contributed by atoms with Crippen LogP contribution in [0, 0.1) is 5.41 Å². The van der Waals surface area contributed by atoms with E-state index in [0.29, 0.717) is 0 Å². The van der Waals surface area contributed by atoms with E-state index in [1.165, 1.54) is 24.1 Å². The summed E-state index contributed by atoms with van der Waals surface area (Å²) in [7, 11) is 5.50. The molecule has 1 aromatic rings. The van der Waals surface area contributed by atoms with Crippen LogP contribution in [0.15, 0.2) is 30.0 Å². The van der Waals surface area contributed by atoms with Gasteiger partial charge in [-0.2, -0.15) is 0 Å². The highest BCUT2D eigenvalue weighted by atomic mass is 16.5. The number of likely N-dealkylation sites (N-methyl/N-ethyl adjacent to an activating group) is 1. The van der Waals surface area contributed by atoms with E-state index >= 15 is 0 Å². The third-order valence-electron chi connectivity index (χ3n) is 6.26. The van der Waals surface area contributed by atoms with Gasteiger partial charge in [0.15, 0.2) is 11.5 Å². The summed E-state index contributed by atoms with van der Waals surface area (Å²) in [6.07, 6.45) is 6.14. The molecule has 1 spiro atoms. The first-order chi connectivity index (χ1) is 11.1. The average Bonchev–Trinajstić information content (AvgIpc) is 3.24. The fraction of sp³-hybridized carbons (Fsp3) is 0.579. The summed E-state index contributed by atoms with van der Waals surface area (Å²) in [5.74, 6) is 1.56. The summed E-state index contributed by atoms with van der Waals surface area (Å²) in [5, 5.41) is 10.3. The summed E-state index contributed by atoms with van der Waals surface area (Å²) < 4.78 is 10.9. The van der Waals surface area contributed by atoms with Crippen molar-refractivity contribution in [1.29, 1.82) is 0 Å². The molecule has 4 nitrogen and oxygen atoms in total. The number of rotatable bonds is 3. The Hall–Kier alpha value is -1.68. The predicted molar refractivity (Wildman–Crippen MR) is 88.8 cm³/mol. The average molecular weight is 315 g/mol. The second kappa shape index (κ2) is 4.91. The van der Waals surface area contributed by atoms with Crippen molar-refractivity contribution in [2.24, 2.45) is 5.41 Å². The normalized spacial score (nSPS) is 30.9. The van der Waals surface area contributed by atoms with Gasteiger partial charge in [0.25, 0.3) is 0 Å². The van der Waals surface area contributed by atoms with Crippen LogP contribution in [-0.4, -0.2) is 43.9 Å². The Bertz CT molecular complexity index is 665. The van der Waals surface area contributed by atoms with Gasteiger partial charge in [-0.1, -0.05) is 6.07 Å². The van der Waals surface area contributed by atoms with Gasteiger partial charge in [-0.3, -0.25) is 0 Å². The van der Waals surface area contributed by atoms with Gasteiger partial charge < -0.3 is 19.5 Å². The molecule has 4 rings (SSSR count). The number of benzene rings is 1. The van der Waals surface area contributed by atoms with Gasteiger partial charge in [0.2, 0.25) is 0 Å². The number of nitrogens with zero attached hydrogens (tertiary/aromatic N) is 1. The second-order valence-electron chi connectivity index (χ2n) is 7.25. The van der Waals surface area contributed by atoms with Crippen LogP contribution in [0.1, 0.15) is 31.2 Å². The number of allylic oxidation sites excluding steroid dienone is 1. The lowest BCUT2D eigenvalue weighted by atomic mass is 9.60. The first-order valence-corrected chi connectivity index (χ1v) is 8.40. The minimum atomic E-state index is -0.318. The zero-order chi connectivity index (χ0) is 16.2. The number of hydrogen-bond donors (Lipinski definition) is 1. The molecule has 1 saturated heterocycles. The summed E-state index contributed by atoms with van der Waals surface area (Å²) in [4.78, 5) is 2.32. The number of aliphatic hydroxyl groups is 1. The van der Waals surface area contributed by atoms with E-state index in [-0.39, 0.29) is 16.9 Å². The molecule has 2 atom stereocenters. The van der Waals surface area contributed by atoms with Crippen molar-refractivity contribution < 1.29 is 14.6 Å². The minimum Gasteiger partial charge on any atom is -0.493 e. The molecule has 0 aromatic heterocycles. The van der Waals surface area contributed by atoms with Crippen LogP contribution in [0.25, 0.3) is 0 Å². The van der Waals surface area contributed by atoms with Crippen molar-refractivity contribution in [1.82, 2.24) is 4.90 Å². The molecule has 1 N–H and O–H groups in total. The molecule has 0 radical (unpaired) electrons. The monoisotopic (exact) mass is 315 g/mol. The van der Waals surface area contributed by atoms with Crippen LogP contribution < -0.4 is 9.47 Å². The molecule has 2 aliphatic carbocycles. The summed E-state index contributed by atoms with van der Waals surface area (Å²) in [6, 6.07) is 6.34. The van der Waals surface area contributed by atoms with Crippen molar-refractivity contribution in [3.05, 3.63) is 35.5 Å². The zero-order valence-electron chi connectivity index (χ0n) is 14.1. The molecular formula is C19H25NO3. The van der Waals surface area contributed by atoms with E-state index < -0.39 is 0 Å². The fourth-order valence-electron chi connectivity index (χ4n) is 5.01. The Morgan fingerprint density at radius 2 is 1.87 bits per heavy atom. The van der Waals surface area contributed by atoms with Crippen LogP contribution in [0.4, 0.5) is 0 Å². The fourth-order valence-corrected chi connectivity index (χ4v) is 5.01. The van der Waals surface area contributed by atoms with Gasteiger partial charge in [-0.25, -0.2) is 0 Å². The molecule has 23 heavy (non-hydrogen) atoms. The van der Waals surface area contributed by atoms with Crippen molar-refractivity contribution in [2.45, 2.75) is 37.2 Å².